The van der Waals surface area contributed by atoms with Crippen molar-refractivity contribution in [2.45, 2.75) is 0 Å². The van der Waals surface area contributed by atoms with Crippen molar-refractivity contribution in [3.63, 3.8) is 0 Å². The smallest absolute Gasteiger partial charge is 0.346 e. The van der Waals surface area contributed by atoms with Gasteiger partial charge in [-0.05, 0) is 6.07 Å². The summed E-state index contributed by atoms with van der Waals surface area (Å²) in [4.78, 5) is 18.5. The van der Waals surface area contributed by atoms with Crippen molar-refractivity contribution >= 4 is 5.82 Å². The van der Waals surface area contributed by atoms with Crippen LogP contribution < -0.4 is 10.6 Å². The van der Waals surface area contributed by atoms with E-state index in [0.29, 0.717) is 12.4 Å². The van der Waals surface area contributed by atoms with Crippen molar-refractivity contribution < 1.29 is 5.11 Å². The molecule has 0 aliphatic carbocycles. The lowest BCUT2D eigenvalue weighted by molar-refractivity contribution is 0.304. The Kier molecular flexibility index (Phi) is 2.82. The molecule has 1 aromatic rings. The van der Waals surface area contributed by atoms with E-state index in [1.54, 1.807) is 18.0 Å². The van der Waals surface area contributed by atoms with E-state index in [4.69, 9.17) is 5.11 Å². The van der Waals surface area contributed by atoms with Gasteiger partial charge in [-0.15, -0.1) is 0 Å². The van der Waals surface area contributed by atoms with Crippen molar-refractivity contribution in [3.05, 3.63) is 22.7 Å². The highest BCUT2D eigenvalue weighted by molar-refractivity contribution is 5.34. The molecule has 0 fully saturated rings. The second-order valence-corrected chi connectivity index (χ2v) is 2.41. The Morgan fingerprint density at radius 1 is 1.75 bits per heavy atom. The first-order valence-electron chi connectivity index (χ1n) is 3.61. The minimum absolute atomic E-state index is 0.0564. The Labute approximate surface area is 69.7 Å². The summed E-state index contributed by atoms with van der Waals surface area (Å²) < 4.78 is 0. The van der Waals surface area contributed by atoms with Crippen LogP contribution in [0.4, 0.5) is 5.82 Å². The zero-order valence-corrected chi connectivity index (χ0v) is 6.82. The van der Waals surface area contributed by atoms with Crippen LogP contribution in [0.3, 0.4) is 0 Å². The lowest BCUT2D eigenvalue weighted by atomic mass is 10.5. The molecular formula is C7H11N3O2. The first-order chi connectivity index (χ1) is 5.74. The second kappa shape index (κ2) is 3.87. The summed E-state index contributed by atoms with van der Waals surface area (Å²) >= 11 is 0. The van der Waals surface area contributed by atoms with Crippen LogP contribution >= 0.6 is 0 Å². The number of anilines is 1. The number of aromatic nitrogens is 2. The highest BCUT2D eigenvalue weighted by Crippen LogP contribution is 2.01. The maximum absolute atomic E-state index is 10.7. The molecule has 0 radical (unpaired) electrons. The quantitative estimate of drug-likeness (QED) is 0.621. The van der Waals surface area contributed by atoms with Crippen molar-refractivity contribution in [3.8, 4) is 0 Å². The van der Waals surface area contributed by atoms with Crippen LogP contribution in [-0.2, 0) is 0 Å². The molecule has 0 aliphatic heterocycles. The average molecular weight is 169 g/mol. The third kappa shape index (κ3) is 2.06. The van der Waals surface area contributed by atoms with Gasteiger partial charge < -0.3 is 10.0 Å². The molecule has 0 unspecified atom stereocenters. The summed E-state index contributed by atoms with van der Waals surface area (Å²) in [7, 11) is 1.78. The van der Waals surface area contributed by atoms with Gasteiger partial charge in [0.15, 0.2) is 0 Å². The predicted octanol–water partition coefficient (Wildman–Crippen LogP) is -0.802. The molecule has 0 bridgehead atoms. The number of aromatic amines is 1. The highest BCUT2D eigenvalue weighted by atomic mass is 16.3. The number of H-pyrrole nitrogens is 1. The van der Waals surface area contributed by atoms with E-state index in [0.717, 1.165) is 0 Å². The molecular weight excluding hydrogens is 158 g/mol. The number of aliphatic hydroxyl groups is 1. The molecule has 1 heterocycles. The Balaban J connectivity index is 2.80. The normalized spacial score (nSPS) is 9.83. The minimum atomic E-state index is -0.378. The third-order valence-corrected chi connectivity index (χ3v) is 1.51. The Bertz CT molecular complexity index is 297. The van der Waals surface area contributed by atoms with Gasteiger partial charge >= 0.3 is 5.69 Å². The first-order valence-corrected chi connectivity index (χ1v) is 3.61. The van der Waals surface area contributed by atoms with Crippen LogP contribution in [0.1, 0.15) is 0 Å². The molecule has 2 N–H and O–H groups in total. The number of likely N-dealkylation sites (N-methyl/N-ethyl adjacent to an activating group) is 1. The number of nitrogens with zero attached hydrogens (tertiary/aromatic N) is 2. The summed E-state index contributed by atoms with van der Waals surface area (Å²) in [5.41, 5.74) is -0.378. The lowest BCUT2D eigenvalue weighted by Gasteiger charge is -2.16. The van der Waals surface area contributed by atoms with Crippen molar-refractivity contribution in [2.24, 2.45) is 0 Å². The Hall–Kier alpha value is -1.36. The monoisotopic (exact) mass is 169 g/mol. The molecule has 0 atom stereocenters. The minimum Gasteiger partial charge on any atom is -0.395 e. The number of hydrogen-bond donors (Lipinski definition) is 2. The topological polar surface area (TPSA) is 69.2 Å². The van der Waals surface area contributed by atoms with E-state index >= 15 is 0 Å². The Morgan fingerprint density at radius 3 is 3.08 bits per heavy atom. The van der Waals surface area contributed by atoms with Crippen molar-refractivity contribution in [1.29, 1.82) is 0 Å². The van der Waals surface area contributed by atoms with Gasteiger partial charge in [-0.3, -0.25) is 4.98 Å². The molecule has 0 amide bonds. The Morgan fingerprint density at radius 2 is 2.50 bits per heavy atom. The fourth-order valence-corrected chi connectivity index (χ4v) is 0.852. The predicted molar refractivity (Wildman–Crippen MR) is 45.2 cm³/mol. The van der Waals surface area contributed by atoms with Gasteiger partial charge in [0.2, 0.25) is 0 Å². The second-order valence-electron chi connectivity index (χ2n) is 2.41. The zero-order valence-electron chi connectivity index (χ0n) is 6.82. The third-order valence-electron chi connectivity index (χ3n) is 1.51. The van der Waals surface area contributed by atoms with Crippen LogP contribution in [0.25, 0.3) is 0 Å². The average Bonchev–Trinajstić information content (AvgIpc) is 2.05. The lowest BCUT2D eigenvalue weighted by Crippen LogP contribution is -2.25. The van der Waals surface area contributed by atoms with Gasteiger partial charge in [0.1, 0.15) is 5.82 Å². The van der Waals surface area contributed by atoms with Gasteiger partial charge in [-0.2, -0.15) is 0 Å². The van der Waals surface area contributed by atoms with Gasteiger partial charge in [0.25, 0.3) is 0 Å². The molecule has 12 heavy (non-hydrogen) atoms. The highest BCUT2D eigenvalue weighted by Gasteiger charge is 1.98. The summed E-state index contributed by atoms with van der Waals surface area (Å²) in [6, 6.07) is 1.68. The van der Waals surface area contributed by atoms with Crippen molar-refractivity contribution in [2.75, 3.05) is 25.1 Å². The first kappa shape index (κ1) is 8.73. The number of aliphatic hydroxyl groups excluding tert-OH is 1. The van der Waals surface area contributed by atoms with E-state index < -0.39 is 0 Å². The van der Waals surface area contributed by atoms with Crippen LogP contribution in [0.2, 0.25) is 0 Å². The van der Waals surface area contributed by atoms with E-state index in [9.17, 15) is 4.79 Å². The number of rotatable bonds is 3. The molecule has 1 aromatic heterocycles. The maximum atomic E-state index is 10.7. The standard InChI is InChI=1S/C7H11N3O2/c1-10(4-5-11)6-2-3-8-7(12)9-6/h2-3,11H,4-5H2,1H3,(H,8,9,12). The van der Waals surface area contributed by atoms with Gasteiger partial charge in [0.05, 0.1) is 6.61 Å². The maximum Gasteiger partial charge on any atom is 0.346 e. The van der Waals surface area contributed by atoms with E-state index in [1.807, 2.05) is 0 Å². The summed E-state index contributed by atoms with van der Waals surface area (Å²) in [6.45, 7) is 0.542. The molecule has 0 aromatic carbocycles. The summed E-state index contributed by atoms with van der Waals surface area (Å²) in [6.07, 6.45) is 1.43. The molecule has 66 valence electrons. The van der Waals surface area contributed by atoms with Gasteiger partial charge in [0, 0.05) is 19.8 Å². The molecule has 5 nitrogen and oxygen atoms in total. The zero-order chi connectivity index (χ0) is 8.97. The van der Waals surface area contributed by atoms with Crippen LogP contribution in [0.5, 0.6) is 0 Å². The molecule has 0 saturated heterocycles. The number of hydrogen-bond acceptors (Lipinski definition) is 4. The van der Waals surface area contributed by atoms with Gasteiger partial charge in [-0.25, -0.2) is 9.78 Å². The summed E-state index contributed by atoms with van der Waals surface area (Å²) in [5, 5.41) is 8.62. The fourth-order valence-electron chi connectivity index (χ4n) is 0.852. The van der Waals surface area contributed by atoms with E-state index in [-0.39, 0.29) is 12.3 Å². The van der Waals surface area contributed by atoms with Gasteiger partial charge in [-0.1, -0.05) is 0 Å². The largest absolute Gasteiger partial charge is 0.395 e. The molecule has 1 rings (SSSR count). The van der Waals surface area contributed by atoms with Crippen LogP contribution in [-0.4, -0.2) is 35.3 Å². The van der Waals surface area contributed by atoms with E-state index in [2.05, 4.69) is 9.97 Å². The molecule has 5 heteroatoms. The van der Waals surface area contributed by atoms with Crippen molar-refractivity contribution in [1.82, 2.24) is 9.97 Å². The molecule has 0 saturated carbocycles. The molecule has 0 spiro atoms. The van der Waals surface area contributed by atoms with Crippen LogP contribution in [0, 0.1) is 0 Å². The van der Waals surface area contributed by atoms with E-state index in [1.165, 1.54) is 6.20 Å². The molecule has 0 aliphatic rings. The summed E-state index contributed by atoms with van der Waals surface area (Å²) in [5.74, 6) is 0.657. The fraction of sp³-hybridized carbons (Fsp3) is 0.429. The number of nitrogens with one attached hydrogen (secondary N) is 1. The SMILES string of the molecule is CN(CCO)c1ccnc(=O)[nH]1. The van der Waals surface area contributed by atoms with Crippen LogP contribution in [0.15, 0.2) is 17.1 Å².